The summed E-state index contributed by atoms with van der Waals surface area (Å²) in [6.07, 6.45) is 2.23. The van der Waals surface area contributed by atoms with Gasteiger partial charge in [0.05, 0.1) is 144 Å². The third-order valence-electron chi connectivity index (χ3n) is 19.3. The van der Waals surface area contributed by atoms with E-state index < -0.39 is 78.1 Å². The second-order valence-corrected chi connectivity index (χ2v) is 30.5. The van der Waals surface area contributed by atoms with Gasteiger partial charge in [0.1, 0.15) is 36.0 Å². The van der Waals surface area contributed by atoms with Crippen molar-refractivity contribution >= 4 is 87.7 Å². The third kappa shape index (κ3) is 52.2. The number of hydrogen-bond acceptors (Lipinski definition) is 29. The van der Waals surface area contributed by atoms with Crippen molar-refractivity contribution in [2.45, 2.75) is 103 Å². The lowest BCUT2D eigenvalue weighted by Crippen LogP contribution is -2.58. The van der Waals surface area contributed by atoms with E-state index >= 15 is 0 Å². The molecule has 127 heavy (non-hydrogen) atoms. The molecular weight excluding hydrogens is 1650 g/mol. The number of carbonyl (C=O) groups is 11. The van der Waals surface area contributed by atoms with Crippen LogP contribution in [0, 0.1) is 5.92 Å². The van der Waals surface area contributed by atoms with Crippen molar-refractivity contribution in [1.29, 1.82) is 0 Å². The molecule has 0 radical (unpaired) electrons. The number of amidine groups is 1. The number of guanidine groups is 1. The fourth-order valence-electron chi connectivity index (χ4n) is 12.9. The molecule has 5 atom stereocenters. The van der Waals surface area contributed by atoms with E-state index in [-0.39, 0.29) is 204 Å². The zero-order chi connectivity index (χ0) is 92.6. The molecule has 1 aliphatic heterocycles. The molecule has 11 amide bonds. The highest BCUT2D eigenvalue weighted by Gasteiger charge is 2.33. The van der Waals surface area contributed by atoms with Gasteiger partial charge in [0, 0.05) is 155 Å². The minimum Gasteiger partial charge on any atom is -0.508 e. The van der Waals surface area contributed by atoms with Crippen LogP contribution in [0.5, 0.6) is 5.75 Å². The molecule has 0 saturated carbocycles. The first kappa shape index (κ1) is 109. The SMILES string of the molecule is CC(=O)N[C@@H](Cc1c[nH]c2ccccc12)C(=O)N[C@@H](Cc1ccc(O)cc1)C(=O)N[C@@H](CCCN=C(N)N)C(=O)NCC(=O)N[C@@H](CCCN=C(C)N)C(=O)N[C@@H](CC(C)C)C(=O)NCCOCCOCCNC(=O)CN1CCN(CC(=O)NCCOCCOCCN)CCN(CC(=O)NCCOCCOCCN)CCN(CC(=O)NCCOCCOCCN)CC1. The summed E-state index contributed by atoms with van der Waals surface area (Å²) in [4.78, 5) is 171. The number of H-pyrrole nitrogens is 1. The number of phenols is 1. The third-order valence-corrected chi connectivity index (χ3v) is 19.3. The zero-order valence-electron chi connectivity index (χ0n) is 74.5. The molecule has 0 unspecified atom stereocenters. The Kier molecular flexibility index (Phi) is 58.0. The number of aromatic hydroxyl groups is 1. The van der Waals surface area contributed by atoms with Gasteiger partial charge in [-0.25, -0.2) is 0 Å². The maximum Gasteiger partial charge on any atom is 0.243 e. The van der Waals surface area contributed by atoms with Crippen LogP contribution in [0.4, 0.5) is 0 Å². The molecule has 3 aromatic rings. The number of carbonyl (C=O) groups excluding carboxylic acids is 11. The molecule has 44 nitrogen and oxygen atoms in total. The number of aromatic nitrogens is 1. The summed E-state index contributed by atoms with van der Waals surface area (Å²) < 4.78 is 44.5. The van der Waals surface area contributed by atoms with Gasteiger partial charge in [0.2, 0.25) is 65.0 Å². The Balaban J connectivity index is 1.36. The standard InChI is InChI=1S/C83H144N24O20/c1-60(2)51-70(102-80(117)69(12-7-20-90-61(3)87)100-73(110)55-98-78(115)68(11-8-21-96-83(88)89)101-81(118)71(52-63-13-15-65(109)16-14-63)103-82(119)72(99-62(4)108)53-64-54-97-67-10-6-5-9-66(64)67)79(116)95-26-42-127-50-49-126-41-25-94-77(114)59-107-33-31-105(57-75(112)92-23-39-124-47-44-121-36-18-85)29-27-104(56-74(111)91-22-38-123-46-43-120-35-17-84)28-30-106(32-34-107)58-76(113)93-24-40-125-48-45-122-37-19-86/h5-6,9-10,13-16,54,60,68-72,97,109H,7-8,11-12,17-53,55-59,84-86H2,1-4H3,(H2,87,90)(H,91,111)(H,92,112)(H,93,113)(H,94,114)(H,95,116)(H,98,115)(H,99,108)(H,100,110)(H,101,118)(H,102,117)(H,103,119)(H4,88,89,96)/t68-,69-,70-,71-,72-/m0/s1. The number of nitrogens with zero attached hydrogens (tertiary/aromatic N) is 6. The summed E-state index contributed by atoms with van der Waals surface area (Å²) in [6.45, 7) is 16.1. The molecule has 0 bridgehead atoms. The molecule has 0 aliphatic carbocycles. The van der Waals surface area contributed by atoms with Gasteiger partial charge in [-0.3, -0.25) is 82.3 Å². The van der Waals surface area contributed by atoms with Crippen molar-refractivity contribution in [3.63, 3.8) is 0 Å². The molecule has 1 fully saturated rings. The van der Waals surface area contributed by atoms with Crippen molar-refractivity contribution in [2.24, 2.45) is 50.3 Å². The minimum absolute atomic E-state index is 0.0212. The average Bonchev–Trinajstić information content (AvgIpc) is 1.70. The normalized spacial score (nSPS) is 14.5. The van der Waals surface area contributed by atoms with E-state index in [0.717, 1.165) is 16.5 Å². The number of fused-ring (bicyclic) bond motifs is 1. The van der Waals surface area contributed by atoms with Crippen molar-refractivity contribution in [1.82, 2.24) is 83.1 Å². The maximum atomic E-state index is 14.5. The fraction of sp³-hybridized carbons (Fsp3) is 0.675. The Bertz CT molecular complexity index is 3680. The number of amides is 11. The summed E-state index contributed by atoms with van der Waals surface area (Å²) in [6, 6.07) is 7.15. The number of hydrogen-bond donors (Lipinski definition) is 19. The van der Waals surface area contributed by atoms with Gasteiger partial charge in [-0.05, 0) is 74.3 Å². The second-order valence-electron chi connectivity index (χ2n) is 30.5. The van der Waals surface area contributed by atoms with Gasteiger partial charge in [0.25, 0.3) is 0 Å². The van der Waals surface area contributed by atoms with E-state index in [4.69, 9.17) is 72.3 Å². The first-order valence-corrected chi connectivity index (χ1v) is 43.6. The van der Waals surface area contributed by atoms with E-state index in [1.807, 2.05) is 57.7 Å². The molecule has 2 heterocycles. The van der Waals surface area contributed by atoms with Crippen LogP contribution in [-0.2, 0) is 103 Å². The van der Waals surface area contributed by atoms with E-state index in [9.17, 15) is 57.8 Å². The van der Waals surface area contributed by atoms with Crippen LogP contribution in [0.2, 0.25) is 0 Å². The number of nitrogens with two attached hydrogens (primary N) is 6. The monoisotopic (exact) mass is 1800 g/mol. The molecule has 44 heteroatoms. The van der Waals surface area contributed by atoms with Crippen LogP contribution < -0.4 is 92.9 Å². The second kappa shape index (κ2) is 67.4. The average molecular weight is 1800 g/mol. The van der Waals surface area contributed by atoms with Gasteiger partial charge in [-0.1, -0.05) is 44.2 Å². The maximum absolute atomic E-state index is 14.5. The lowest BCUT2D eigenvalue weighted by atomic mass is 10.0. The lowest BCUT2D eigenvalue weighted by molar-refractivity contribution is -0.134. The van der Waals surface area contributed by atoms with Crippen LogP contribution in [0.1, 0.15) is 70.9 Å². The summed E-state index contributed by atoms with van der Waals surface area (Å²) >= 11 is 0. The number of aromatic amines is 1. The highest BCUT2D eigenvalue weighted by molar-refractivity contribution is 5.97. The number of ether oxygens (including phenoxy) is 8. The van der Waals surface area contributed by atoms with Crippen molar-refractivity contribution < 1.29 is 95.7 Å². The molecule has 716 valence electrons. The van der Waals surface area contributed by atoms with Gasteiger partial charge in [-0.2, -0.15) is 0 Å². The molecule has 1 aliphatic rings. The quantitative estimate of drug-likeness (QED) is 0.0142. The molecule has 2 aromatic carbocycles. The van der Waals surface area contributed by atoms with Gasteiger partial charge in [0.15, 0.2) is 5.96 Å². The number of benzene rings is 2. The number of rotatable bonds is 67. The Hall–Kier alpha value is -9.91. The number of phenolic OH excluding ortho intramolecular Hbond substituents is 1. The first-order chi connectivity index (χ1) is 61.2. The number of para-hydroxylation sites is 1. The minimum atomic E-state index is -1.36. The summed E-state index contributed by atoms with van der Waals surface area (Å²) in [5.41, 5.74) is 35.5. The Morgan fingerprint density at radius 1 is 0.417 bits per heavy atom. The topological polar surface area (TPSA) is 624 Å². The smallest absolute Gasteiger partial charge is 0.243 e. The largest absolute Gasteiger partial charge is 0.508 e. The number of aliphatic imine (C=N–C) groups is 2. The van der Waals surface area contributed by atoms with E-state index in [0.29, 0.717) is 143 Å². The van der Waals surface area contributed by atoms with E-state index in [1.165, 1.54) is 19.1 Å². The predicted octanol–water partition coefficient (Wildman–Crippen LogP) is -6.71. The molecule has 1 aromatic heterocycles. The summed E-state index contributed by atoms with van der Waals surface area (Å²) in [7, 11) is 0. The summed E-state index contributed by atoms with van der Waals surface area (Å²) in [5.74, 6) is -5.95. The zero-order valence-corrected chi connectivity index (χ0v) is 74.5. The molecule has 25 N–H and O–H groups in total. The Morgan fingerprint density at radius 2 is 0.787 bits per heavy atom. The summed E-state index contributed by atoms with van der Waals surface area (Å²) in [5, 5.41) is 41.6. The Morgan fingerprint density at radius 3 is 1.20 bits per heavy atom. The molecule has 4 rings (SSSR count). The van der Waals surface area contributed by atoms with Crippen LogP contribution in [0.25, 0.3) is 10.9 Å². The highest BCUT2D eigenvalue weighted by atomic mass is 16.5. The van der Waals surface area contributed by atoms with E-state index in [1.54, 1.807) is 25.3 Å². The highest BCUT2D eigenvalue weighted by Crippen LogP contribution is 2.20. The molecular formula is C83H144N24O20. The predicted molar refractivity (Wildman–Crippen MR) is 477 cm³/mol. The fourth-order valence-corrected chi connectivity index (χ4v) is 12.9. The lowest BCUT2D eigenvalue weighted by Gasteiger charge is -2.33. The Labute approximate surface area is 744 Å². The van der Waals surface area contributed by atoms with Gasteiger partial charge >= 0.3 is 0 Å². The van der Waals surface area contributed by atoms with Crippen molar-refractivity contribution in [3.05, 3.63) is 65.9 Å². The van der Waals surface area contributed by atoms with Gasteiger partial charge < -0.3 is 141 Å². The van der Waals surface area contributed by atoms with Crippen molar-refractivity contribution in [3.8, 4) is 5.75 Å². The first-order valence-electron chi connectivity index (χ1n) is 43.6. The van der Waals surface area contributed by atoms with Gasteiger partial charge in [-0.15, -0.1) is 0 Å². The van der Waals surface area contributed by atoms with Crippen LogP contribution in [0.15, 0.2) is 64.7 Å². The van der Waals surface area contributed by atoms with Crippen LogP contribution in [0.3, 0.4) is 0 Å². The molecule has 0 spiro atoms. The number of nitrogens with one attached hydrogen (secondary N) is 12. The molecule has 1 saturated heterocycles. The van der Waals surface area contributed by atoms with Crippen LogP contribution in [-0.4, -0.2) is 393 Å². The van der Waals surface area contributed by atoms with E-state index in [2.05, 4.69) is 73.5 Å². The van der Waals surface area contributed by atoms with Crippen LogP contribution >= 0.6 is 0 Å². The van der Waals surface area contributed by atoms with Crippen molar-refractivity contribution in [2.75, 3.05) is 256 Å².